The summed E-state index contributed by atoms with van der Waals surface area (Å²) in [5, 5.41) is 4.24. The summed E-state index contributed by atoms with van der Waals surface area (Å²) in [5.74, 6) is 1.42. The standard InChI is InChI=1S/C22H21N3O2/c1-15-7-9-18(10-8-15)25-14-16(13-19(25)26)20-23-21(27-24-20)22(11-12-22)17-5-3-2-4-6-17/h2-10,16H,11-14H2,1H3/t16-/m1/s1. The van der Waals surface area contributed by atoms with Crippen LogP contribution in [0.15, 0.2) is 59.1 Å². The molecule has 2 aliphatic rings. The molecule has 1 aliphatic carbocycles. The summed E-state index contributed by atoms with van der Waals surface area (Å²) in [6.45, 7) is 2.64. The topological polar surface area (TPSA) is 59.2 Å². The number of aromatic nitrogens is 2. The van der Waals surface area contributed by atoms with Gasteiger partial charge in [-0.2, -0.15) is 4.98 Å². The second-order valence-electron chi connectivity index (χ2n) is 7.65. The summed E-state index contributed by atoms with van der Waals surface area (Å²) in [5.41, 5.74) is 3.20. The number of carbonyl (C=O) groups is 1. The van der Waals surface area contributed by atoms with Crippen molar-refractivity contribution < 1.29 is 9.32 Å². The lowest BCUT2D eigenvalue weighted by atomic mass is 9.96. The molecule has 1 saturated carbocycles. The lowest BCUT2D eigenvalue weighted by molar-refractivity contribution is -0.117. The zero-order chi connectivity index (χ0) is 18.4. The number of hydrogen-bond donors (Lipinski definition) is 0. The van der Waals surface area contributed by atoms with Crippen LogP contribution in [0.3, 0.4) is 0 Å². The van der Waals surface area contributed by atoms with E-state index in [-0.39, 0.29) is 17.2 Å². The van der Waals surface area contributed by atoms with E-state index in [1.165, 1.54) is 11.1 Å². The van der Waals surface area contributed by atoms with Crippen LogP contribution >= 0.6 is 0 Å². The number of nitrogens with zero attached hydrogens (tertiary/aromatic N) is 3. The Morgan fingerprint density at radius 3 is 2.52 bits per heavy atom. The third kappa shape index (κ3) is 2.74. The Hall–Kier alpha value is -2.95. The van der Waals surface area contributed by atoms with E-state index in [0.717, 1.165) is 18.5 Å². The quantitative estimate of drug-likeness (QED) is 0.707. The Balaban J connectivity index is 1.38. The molecule has 1 aliphatic heterocycles. The second-order valence-corrected chi connectivity index (χ2v) is 7.65. The summed E-state index contributed by atoms with van der Waals surface area (Å²) in [6.07, 6.45) is 2.47. The van der Waals surface area contributed by atoms with Gasteiger partial charge < -0.3 is 9.42 Å². The van der Waals surface area contributed by atoms with Crippen molar-refractivity contribution in [2.45, 2.75) is 37.5 Å². The predicted molar refractivity (Wildman–Crippen MR) is 102 cm³/mol. The van der Waals surface area contributed by atoms with Gasteiger partial charge in [-0.1, -0.05) is 53.2 Å². The lowest BCUT2D eigenvalue weighted by Gasteiger charge is -2.16. The maximum atomic E-state index is 12.5. The molecule has 1 atom stereocenters. The van der Waals surface area contributed by atoms with Gasteiger partial charge in [0.2, 0.25) is 11.8 Å². The van der Waals surface area contributed by atoms with Gasteiger partial charge in [0.1, 0.15) is 0 Å². The fraction of sp³-hybridized carbons (Fsp3) is 0.318. The molecule has 1 saturated heterocycles. The van der Waals surface area contributed by atoms with E-state index in [2.05, 4.69) is 17.3 Å². The fourth-order valence-electron chi connectivity index (χ4n) is 3.96. The highest BCUT2D eigenvalue weighted by Crippen LogP contribution is 2.53. The van der Waals surface area contributed by atoms with Crippen LogP contribution in [0.5, 0.6) is 0 Å². The average Bonchev–Trinajstić information content (AvgIpc) is 3.18. The summed E-state index contributed by atoms with van der Waals surface area (Å²) in [4.78, 5) is 19.1. The minimum atomic E-state index is -0.133. The molecule has 0 spiro atoms. The smallest absolute Gasteiger partial charge is 0.237 e. The minimum absolute atomic E-state index is 0.0251. The fourth-order valence-corrected chi connectivity index (χ4v) is 3.96. The molecule has 1 aromatic heterocycles. The van der Waals surface area contributed by atoms with Crippen LogP contribution in [-0.4, -0.2) is 22.6 Å². The molecule has 27 heavy (non-hydrogen) atoms. The molecule has 2 fully saturated rings. The van der Waals surface area contributed by atoms with E-state index in [9.17, 15) is 4.79 Å². The van der Waals surface area contributed by atoms with Gasteiger partial charge in [-0.3, -0.25) is 4.79 Å². The number of rotatable bonds is 4. The molecule has 5 rings (SSSR count). The highest BCUT2D eigenvalue weighted by molar-refractivity contribution is 5.96. The van der Waals surface area contributed by atoms with Crippen LogP contribution in [0.2, 0.25) is 0 Å². The highest BCUT2D eigenvalue weighted by Gasteiger charge is 2.51. The Morgan fingerprint density at radius 2 is 1.81 bits per heavy atom. The molecule has 3 aromatic rings. The first-order valence-electron chi connectivity index (χ1n) is 9.42. The summed E-state index contributed by atoms with van der Waals surface area (Å²) >= 11 is 0. The first-order chi connectivity index (χ1) is 13.2. The SMILES string of the molecule is Cc1ccc(N2C[C@H](c3noc(C4(c5ccccc5)CC4)n3)CC2=O)cc1. The molecular weight excluding hydrogens is 338 g/mol. The monoisotopic (exact) mass is 359 g/mol. The maximum Gasteiger partial charge on any atom is 0.237 e. The molecule has 1 amide bonds. The summed E-state index contributed by atoms with van der Waals surface area (Å²) in [6, 6.07) is 18.4. The highest BCUT2D eigenvalue weighted by atomic mass is 16.5. The first kappa shape index (κ1) is 16.2. The van der Waals surface area contributed by atoms with Gasteiger partial charge >= 0.3 is 0 Å². The Labute approximate surface area is 158 Å². The number of hydrogen-bond acceptors (Lipinski definition) is 4. The Kier molecular flexibility index (Phi) is 3.64. The van der Waals surface area contributed by atoms with Crippen molar-refractivity contribution in [2.75, 3.05) is 11.4 Å². The van der Waals surface area contributed by atoms with Crippen molar-refractivity contribution in [3.63, 3.8) is 0 Å². The largest absolute Gasteiger partial charge is 0.338 e. The van der Waals surface area contributed by atoms with Gasteiger partial charge in [0.05, 0.1) is 5.41 Å². The Bertz CT molecular complexity index is 974. The lowest BCUT2D eigenvalue weighted by Crippen LogP contribution is -2.24. The van der Waals surface area contributed by atoms with Crippen LogP contribution in [0.25, 0.3) is 0 Å². The van der Waals surface area contributed by atoms with Gasteiger partial charge in [0.25, 0.3) is 0 Å². The molecule has 2 heterocycles. The van der Waals surface area contributed by atoms with Crippen molar-refractivity contribution in [1.82, 2.24) is 10.1 Å². The van der Waals surface area contributed by atoms with Crippen LogP contribution in [-0.2, 0) is 10.2 Å². The van der Waals surface area contributed by atoms with E-state index in [1.54, 1.807) is 0 Å². The number of benzene rings is 2. The molecular formula is C22H21N3O2. The van der Waals surface area contributed by atoms with Gasteiger partial charge in [-0.25, -0.2) is 0 Å². The number of anilines is 1. The van der Waals surface area contributed by atoms with Gasteiger partial charge in [-0.05, 0) is 37.5 Å². The minimum Gasteiger partial charge on any atom is -0.338 e. The van der Waals surface area contributed by atoms with Crippen molar-refractivity contribution in [2.24, 2.45) is 0 Å². The molecule has 5 heteroatoms. The van der Waals surface area contributed by atoms with Crippen LogP contribution in [0.1, 0.15) is 48.0 Å². The molecule has 0 N–H and O–H groups in total. The second kappa shape index (κ2) is 6.05. The van der Waals surface area contributed by atoms with Crippen molar-refractivity contribution in [3.05, 3.63) is 77.4 Å². The van der Waals surface area contributed by atoms with E-state index in [1.807, 2.05) is 54.3 Å². The zero-order valence-corrected chi connectivity index (χ0v) is 15.3. The van der Waals surface area contributed by atoms with Crippen LogP contribution in [0.4, 0.5) is 5.69 Å². The van der Waals surface area contributed by atoms with Crippen LogP contribution in [0, 0.1) is 6.92 Å². The summed E-state index contributed by atoms with van der Waals surface area (Å²) in [7, 11) is 0. The van der Waals surface area contributed by atoms with Crippen molar-refractivity contribution in [3.8, 4) is 0 Å². The van der Waals surface area contributed by atoms with Gasteiger partial charge in [0.15, 0.2) is 5.82 Å². The Morgan fingerprint density at radius 1 is 1.07 bits per heavy atom. The van der Waals surface area contributed by atoms with E-state index in [0.29, 0.717) is 24.7 Å². The molecule has 136 valence electrons. The number of amides is 1. The van der Waals surface area contributed by atoms with Crippen molar-refractivity contribution in [1.29, 1.82) is 0 Å². The van der Waals surface area contributed by atoms with Crippen LogP contribution < -0.4 is 4.90 Å². The number of aryl methyl sites for hydroxylation is 1. The molecule has 0 unspecified atom stereocenters. The third-order valence-electron chi connectivity index (χ3n) is 5.76. The van der Waals surface area contributed by atoms with E-state index < -0.39 is 0 Å². The normalized spacial score (nSPS) is 20.9. The van der Waals surface area contributed by atoms with Gasteiger partial charge in [-0.15, -0.1) is 0 Å². The van der Waals surface area contributed by atoms with Gasteiger partial charge in [0, 0.05) is 24.6 Å². The predicted octanol–water partition coefficient (Wildman–Crippen LogP) is 3.98. The molecule has 5 nitrogen and oxygen atoms in total. The first-order valence-corrected chi connectivity index (χ1v) is 9.42. The van der Waals surface area contributed by atoms with E-state index in [4.69, 9.17) is 9.51 Å². The average molecular weight is 359 g/mol. The molecule has 0 radical (unpaired) electrons. The van der Waals surface area contributed by atoms with Crippen molar-refractivity contribution >= 4 is 11.6 Å². The number of carbonyl (C=O) groups excluding carboxylic acids is 1. The summed E-state index contributed by atoms with van der Waals surface area (Å²) < 4.78 is 5.66. The molecule has 2 aromatic carbocycles. The van der Waals surface area contributed by atoms with E-state index >= 15 is 0 Å². The third-order valence-corrected chi connectivity index (χ3v) is 5.76. The zero-order valence-electron chi connectivity index (χ0n) is 15.3. The maximum absolute atomic E-state index is 12.5. The molecule has 0 bridgehead atoms.